The van der Waals surface area contributed by atoms with Crippen LogP contribution in [0.5, 0.6) is 0 Å². The fourth-order valence-corrected chi connectivity index (χ4v) is 2.33. The Kier molecular flexibility index (Phi) is 3.06. The van der Waals surface area contributed by atoms with Gasteiger partial charge in [0.25, 0.3) is 0 Å². The van der Waals surface area contributed by atoms with E-state index >= 15 is 0 Å². The number of thioether (sulfide) groups is 1. The number of hydrogen-bond donors (Lipinski definition) is 2. The Balaban J connectivity index is 2.58. The third-order valence-corrected chi connectivity index (χ3v) is 3.26. The van der Waals surface area contributed by atoms with Gasteiger partial charge in [0, 0.05) is 21.8 Å². The van der Waals surface area contributed by atoms with Gasteiger partial charge in [-0.1, -0.05) is 18.2 Å². The summed E-state index contributed by atoms with van der Waals surface area (Å²) in [5.74, 6) is 0. The van der Waals surface area contributed by atoms with E-state index in [4.69, 9.17) is 11.5 Å². The molecule has 0 aliphatic carbocycles. The molecule has 0 heterocycles. The van der Waals surface area contributed by atoms with Crippen LogP contribution in [0.15, 0.2) is 47.4 Å². The molecule has 3 heteroatoms. The van der Waals surface area contributed by atoms with Gasteiger partial charge >= 0.3 is 0 Å². The molecule has 0 aliphatic heterocycles. The first kappa shape index (κ1) is 10.9. The molecule has 2 aromatic carbocycles. The topological polar surface area (TPSA) is 52.0 Å². The molecule has 0 unspecified atom stereocenters. The van der Waals surface area contributed by atoms with Crippen molar-refractivity contribution in [2.75, 3.05) is 17.7 Å². The summed E-state index contributed by atoms with van der Waals surface area (Å²) in [4.78, 5) is 1.18. The van der Waals surface area contributed by atoms with E-state index in [1.807, 2.05) is 36.4 Å². The fraction of sp³-hybridized carbons (Fsp3) is 0.0769. The number of hydrogen-bond acceptors (Lipinski definition) is 3. The second-order valence-corrected chi connectivity index (χ2v) is 4.39. The second-order valence-electron chi connectivity index (χ2n) is 3.55. The lowest BCUT2D eigenvalue weighted by Crippen LogP contribution is -1.92. The monoisotopic (exact) mass is 230 g/mol. The quantitative estimate of drug-likeness (QED) is 0.615. The van der Waals surface area contributed by atoms with Crippen molar-refractivity contribution < 1.29 is 0 Å². The molecule has 0 amide bonds. The molecule has 0 radical (unpaired) electrons. The summed E-state index contributed by atoms with van der Waals surface area (Å²) < 4.78 is 0. The molecule has 2 rings (SSSR count). The summed E-state index contributed by atoms with van der Waals surface area (Å²) in [6, 6.07) is 13.8. The molecule has 4 N–H and O–H groups in total. The van der Waals surface area contributed by atoms with E-state index in [2.05, 4.69) is 12.3 Å². The molecule has 16 heavy (non-hydrogen) atoms. The van der Waals surface area contributed by atoms with E-state index in [0.29, 0.717) is 0 Å². The van der Waals surface area contributed by atoms with Gasteiger partial charge in [-0.2, -0.15) is 0 Å². The van der Waals surface area contributed by atoms with Gasteiger partial charge in [0.1, 0.15) is 0 Å². The second kappa shape index (κ2) is 4.49. The molecule has 0 aromatic heterocycles. The van der Waals surface area contributed by atoms with Crippen LogP contribution in [0.25, 0.3) is 11.1 Å². The molecular weight excluding hydrogens is 216 g/mol. The highest BCUT2D eigenvalue weighted by Crippen LogP contribution is 2.35. The Bertz CT molecular complexity index is 492. The lowest BCUT2D eigenvalue weighted by Gasteiger charge is -2.10. The van der Waals surface area contributed by atoms with E-state index in [-0.39, 0.29) is 0 Å². The number of nitrogens with two attached hydrogens (primary N) is 2. The van der Waals surface area contributed by atoms with Crippen LogP contribution >= 0.6 is 11.8 Å². The van der Waals surface area contributed by atoms with Crippen LogP contribution < -0.4 is 11.5 Å². The van der Waals surface area contributed by atoms with Crippen LogP contribution in [-0.4, -0.2) is 6.26 Å². The van der Waals surface area contributed by atoms with Crippen LogP contribution in [0.3, 0.4) is 0 Å². The van der Waals surface area contributed by atoms with Gasteiger partial charge < -0.3 is 11.5 Å². The summed E-state index contributed by atoms with van der Waals surface area (Å²) in [7, 11) is 0. The van der Waals surface area contributed by atoms with Gasteiger partial charge in [-0.15, -0.1) is 11.8 Å². The summed E-state index contributed by atoms with van der Waals surface area (Å²) >= 11 is 1.70. The van der Waals surface area contributed by atoms with E-state index in [0.717, 1.165) is 22.5 Å². The predicted molar refractivity (Wildman–Crippen MR) is 72.5 cm³/mol. The zero-order valence-corrected chi connectivity index (χ0v) is 9.92. The highest BCUT2D eigenvalue weighted by molar-refractivity contribution is 7.98. The average molecular weight is 230 g/mol. The first-order valence-corrected chi connectivity index (χ1v) is 6.23. The highest BCUT2D eigenvalue weighted by atomic mass is 32.2. The van der Waals surface area contributed by atoms with Crippen molar-refractivity contribution >= 4 is 23.1 Å². The molecule has 0 atom stereocenters. The summed E-state index contributed by atoms with van der Waals surface area (Å²) in [5.41, 5.74) is 15.5. The van der Waals surface area contributed by atoms with Gasteiger partial charge in [0.2, 0.25) is 0 Å². The summed E-state index contributed by atoms with van der Waals surface area (Å²) in [6.45, 7) is 0. The SMILES string of the molecule is CSc1cccc(N)c1-c1ccc(N)cc1. The molecule has 0 saturated carbocycles. The maximum atomic E-state index is 6.02. The fourth-order valence-electron chi connectivity index (χ4n) is 1.68. The Labute approximate surface area is 99.7 Å². The van der Waals surface area contributed by atoms with Crippen molar-refractivity contribution in [1.82, 2.24) is 0 Å². The van der Waals surface area contributed by atoms with Crippen molar-refractivity contribution in [1.29, 1.82) is 0 Å². The highest BCUT2D eigenvalue weighted by Gasteiger charge is 2.07. The first-order chi connectivity index (χ1) is 7.72. The maximum absolute atomic E-state index is 6.02. The Morgan fingerprint density at radius 1 is 0.938 bits per heavy atom. The molecule has 0 spiro atoms. The van der Waals surface area contributed by atoms with Crippen LogP contribution in [-0.2, 0) is 0 Å². The minimum absolute atomic E-state index is 0.768. The number of rotatable bonds is 2. The normalized spacial score (nSPS) is 10.3. The van der Waals surface area contributed by atoms with Crippen molar-refractivity contribution in [3.8, 4) is 11.1 Å². The molecule has 0 fully saturated rings. The van der Waals surface area contributed by atoms with Crippen molar-refractivity contribution in [3.05, 3.63) is 42.5 Å². The number of benzene rings is 2. The van der Waals surface area contributed by atoms with Gasteiger partial charge in [0.05, 0.1) is 0 Å². The van der Waals surface area contributed by atoms with Crippen molar-refractivity contribution in [3.63, 3.8) is 0 Å². The summed E-state index contributed by atoms with van der Waals surface area (Å²) in [5, 5.41) is 0. The van der Waals surface area contributed by atoms with Crippen LogP contribution in [0.4, 0.5) is 11.4 Å². The molecule has 0 saturated heterocycles. The van der Waals surface area contributed by atoms with Gasteiger partial charge in [0.15, 0.2) is 0 Å². The number of anilines is 2. The average Bonchev–Trinajstić information content (AvgIpc) is 2.30. The molecule has 2 aromatic rings. The smallest absolute Gasteiger partial charge is 0.0405 e. The minimum Gasteiger partial charge on any atom is -0.399 e. The third kappa shape index (κ3) is 1.99. The van der Waals surface area contributed by atoms with Gasteiger partial charge in [-0.05, 0) is 36.1 Å². The standard InChI is InChI=1S/C13H14N2S/c1-16-12-4-2-3-11(15)13(12)9-5-7-10(14)8-6-9/h2-8H,14-15H2,1H3. The van der Waals surface area contributed by atoms with Gasteiger partial charge in [-0.3, -0.25) is 0 Å². The largest absolute Gasteiger partial charge is 0.399 e. The predicted octanol–water partition coefficient (Wildman–Crippen LogP) is 3.24. The van der Waals surface area contributed by atoms with Crippen molar-refractivity contribution in [2.24, 2.45) is 0 Å². The van der Waals surface area contributed by atoms with Crippen molar-refractivity contribution in [2.45, 2.75) is 4.90 Å². The van der Waals surface area contributed by atoms with E-state index in [1.165, 1.54) is 4.90 Å². The van der Waals surface area contributed by atoms with E-state index in [1.54, 1.807) is 11.8 Å². The Hall–Kier alpha value is -1.61. The Morgan fingerprint density at radius 3 is 2.25 bits per heavy atom. The molecule has 0 aliphatic rings. The molecule has 0 bridgehead atoms. The van der Waals surface area contributed by atoms with Gasteiger partial charge in [-0.25, -0.2) is 0 Å². The molecule has 82 valence electrons. The maximum Gasteiger partial charge on any atom is 0.0405 e. The summed E-state index contributed by atoms with van der Waals surface area (Å²) in [6.07, 6.45) is 2.05. The molecule has 2 nitrogen and oxygen atoms in total. The molecular formula is C13H14N2S. The Morgan fingerprint density at radius 2 is 1.62 bits per heavy atom. The first-order valence-electron chi connectivity index (χ1n) is 5.01. The zero-order valence-electron chi connectivity index (χ0n) is 9.10. The minimum atomic E-state index is 0.768. The lowest BCUT2D eigenvalue weighted by atomic mass is 10.0. The lowest BCUT2D eigenvalue weighted by molar-refractivity contribution is 1.45. The number of nitrogen functional groups attached to an aromatic ring is 2. The zero-order chi connectivity index (χ0) is 11.5. The van der Waals surface area contributed by atoms with Crippen LogP contribution in [0, 0.1) is 0 Å². The van der Waals surface area contributed by atoms with Crippen LogP contribution in [0.2, 0.25) is 0 Å². The van der Waals surface area contributed by atoms with Crippen LogP contribution in [0.1, 0.15) is 0 Å². The third-order valence-electron chi connectivity index (χ3n) is 2.48. The van der Waals surface area contributed by atoms with E-state index in [9.17, 15) is 0 Å². The van der Waals surface area contributed by atoms with E-state index < -0.39 is 0 Å².